The Morgan fingerprint density at radius 2 is 2.44 bits per heavy atom. The van der Waals surface area contributed by atoms with Crippen LogP contribution >= 0.6 is 0 Å². The van der Waals surface area contributed by atoms with Crippen LogP contribution in [0.2, 0.25) is 0 Å². The van der Waals surface area contributed by atoms with Crippen molar-refractivity contribution in [2.45, 2.75) is 25.8 Å². The summed E-state index contributed by atoms with van der Waals surface area (Å²) in [6.07, 6.45) is 2.09. The lowest BCUT2D eigenvalue weighted by atomic mass is 10.1. The summed E-state index contributed by atoms with van der Waals surface area (Å²) in [7, 11) is 0. The summed E-state index contributed by atoms with van der Waals surface area (Å²) in [5.41, 5.74) is 0.00229. The highest BCUT2D eigenvalue weighted by atomic mass is 16.2. The van der Waals surface area contributed by atoms with Gasteiger partial charge in [0.1, 0.15) is 5.69 Å². The molecule has 0 aliphatic carbocycles. The third-order valence-corrected chi connectivity index (χ3v) is 3.10. The topological polar surface area (TPSA) is 78.1 Å². The average Bonchev–Trinajstić information content (AvgIpc) is 2.39. The summed E-state index contributed by atoms with van der Waals surface area (Å²) in [4.78, 5) is 24.9. The van der Waals surface area contributed by atoms with Gasteiger partial charge in [-0.15, -0.1) is 0 Å². The Morgan fingerprint density at radius 1 is 1.61 bits per heavy atom. The number of carbonyl (C=O) groups is 1. The van der Waals surface area contributed by atoms with E-state index < -0.39 is 0 Å². The van der Waals surface area contributed by atoms with Gasteiger partial charge in [-0.25, -0.2) is 5.10 Å². The summed E-state index contributed by atoms with van der Waals surface area (Å²) in [5.74, 6) is -0.117. The van der Waals surface area contributed by atoms with Crippen molar-refractivity contribution in [3.05, 3.63) is 28.2 Å². The molecule has 1 aliphatic heterocycles. The highest BCUT2D eigenvalue weighted by molar-refractivity contribution is 5.92. The lowest BCUT2D eigenvalue weighted by molar-refractivity contribution is 0.0688. The van der Waals surface area contributed by atoms with Crippen LogP contribution in [-0.4, -0.2) is 46.7 Å². The van der Waals surface area contributed by atoms with E-state index >= 15 is 0 Å². The minimum Gasteiger partial charge on any atom is -0.336 e. The maximum atomic E-state index is 12.2. The number of hydrogen-bond acceptors (Lipinski definition) is 4. The molecule has 2 heterocycles. The molecule has 0 radical (unpaired) electrons. The van der Waals surface area contributed by atoms with Crippen molar-refractivity contribution in [1.82, 2.24) is 20.4 Å². The first-order chi connectivity index (χ1) is 8.70. The Kier molecular flexibility index (Phi) is 4.09. The molecule has 6 heteroatoms. The fraction of sp³-hybridized carbons (Fsp3) is 0.583. The number of aromatic amines is 1. The van der Waals surface area contributed by atoms with Crippen molar-refractivity contribution >= 4 is 5.91 Å². The largest absolute Gasteiger partial charge is 0.336 e. The lowest BCUT2D eigenvalue weighted by Gasteiger charge is -2.32. The molecule has 98 valence electrons. The van der Waals surface area contributed by atoms with E-state index in [9.17, 15) is 9.59 Å². The summed E-state index contributed by atoms with van der Waals surface area (Å²) < 4.78 is 0. The van der Waals surface area contributed by atoms with Gasteiger partial charge in [-0.2, -0.15) is 5.10 Å². The van der Waals surface area contributed by atoms with Gasteiger partial charge in [0.25, 0.3) is 11.5 Å². The first-order valence-electron chi connectivity index (χ1n) is 6.29. The van der Waals surface area contributed by atoms with Gasteiger partial charge in [0.05, 0.1) is 0 Å². The second-order valence-corrected chi connectivity index (χ2v) is 4.45. The third kappa shape index (κ3) is 2.95. The predicted molar refractivity (Wildman–Crippen MR) is 67.5 cm³/mol. The Labute approximate surface area is 105 Å². The average molecular weight is 250 g/mol. The highest BCUT2D eigenvalue weighted by Gasteiger charge is 2.24. The van der Waals surface area contributed by atoms with Crippen LogP contribution in [0.5, 0.6) is 0 Å². The number of nitrogens with one attached hydrogen (secondary N) is 2. The van der Waals surface area contributed by atoms with Gasteiger partial charge < -0.3 is 10.2 Å². The molecule has 0 spiro atoms. The smallest absolute Gasteiger partial charge is 0.274 e. The number of nitrogens with zero attached hydrogens (tertiary/aromatic N) is 2. The van der Waals surface area contributed by atoms with Crippen molar-refractivity contribution in [3.63, 3.8) is 0 Å². The molecule has 1 aromatic heterocycles. The van der Waals surface area contributed by atoms with Crippen LogP contribution in [-0.2, 0) is 0 Å². The second-order valence-electron chi connectivity index (χ2n) is 4.45. The van der Waals surface area contributed by atoms with Crippen molar-refractivity contribution in [2.75, 3.05) is 19.6 Å². The number of hydrogen-bond donors (Lipinski definition) is 2. The van der Waals surface area contributed by atoms with E-state index in [-0.39, 0.29) is 11.5 Å². The van der Waals surface area contributed by atoms with Gasteiger partial charge in [0.15, 0.2) is 0 Å². The summed E-state index contributed by atoms with van der Waals surface area (Å²) >= 11 is 0. The van der Waals surface area contributed by atoms with Crippen molar-refractivity contribution in [3.8, 4) is 0 Å². The fourth-order valence-corrected chi connectivity index (χ4v) is 2.24. The number of rotatable bonds is 3. The van der Waals surface area contributed by atoms with Gasteiger partial charge in [-0.3, -0.25) is 9.59 Å². The first kappa shape index (κ1) is 12.8. The molecule has 0 aromatic carbocycles. The minimum absolute atomic E-state index is 0.117. The predicted octanol–water partition coefficient (Wildman–Crippen LogP) is -0.0160. The first-order valence-corrected chi connectivity index (χ1v) is 6.29. The molecule has 1 aromatic rings. The molecular formula is C12H18N4O2. The van der Waals surface area contributed by atoms with E-state index in [2.05, 4.69) is 22.4 Å². The van der Waals surface area contributed by atoms with E-state index in [0.29, 0.717) is 18.3 Å². The van der Waals surface area contributed by atoms with E-state index in [1.807, 2.05) is 0 Å². The summed E-state index contributed by atoms with van der Waals surface area (Å²) in [6.45, 7) is 4.42. The zero-order valence-corrected chi connectivity index (χ0v) is 10.5. The van der Waals surface area contributed by atoms with Crippen LogP contribution in [0.3, 0.4) is 0 Å². The molecule has 1 fully saturated rings. The van der Waals surface area contributed by atoms with E-state index in [1.165, 1.54) is 12.1 Å². The van der Waals surface area contributed by atoms with Crippen molar-refractivity contribution in [1.29, 1.82) is 0 Å². The van der Waals surface area contributed by atoms with Crippen molar-refractivity contribution < 1.29 is 4.79 Å². The molecule has 1 atom stereocenters. The number of amides is 1. The molecule has 0 bridgehead atoms. The van der Waals surface area contributed by atoms with Crippen LogP contribution in [0, 0.1) is 0 Å². The molecule has 1 aliphatic rings. The van der Waals surface area contributed by atoms with E-state index in [4.69, 9.17) is 0 Å². The zero-order chi connectivity index (χ0) is 13.0. The van der Waals surface area contributed by atoms with Crippen LogP contribution in [0.1, 0.15) is 30.3 Å². The Bertz CT molecular complexity index is 449. The molecule has 2 rings (SSSR count). The Hall–Kier alpha value is -1.69. The van der Waals surface area contributed by atoms with Gasteiger partial charge >= 0.3 is 0 Å². The van der Waals surface area contributed by atoms with Gasteiger partial charge in [0.2, 0.25) is 0 Å². The Morgan fingerprint density at radius 3 is 3.11 bits per heavy atom. The minimum atomic E-state index is -0.296. The van der Waals surface area contributed by atoms with E-state index in [1.54, 1.807) is 4.90 Å². The number of aromatic nitrogens is 2. The molecule has 2 N–H and O–H groups in total. The second kappa shape index (κ2) is 5.77. The van der Waals surface area contributed by atoms with Crippen LogP contribution in [0.15, 0.2) is 16.9 Å². The molecule has 18 heavy (non-hydrogen) atoms. The number of likely N-dealkylation sites (tertiary alicyclic amines) is 1. The van der Waals surface area contributed by atoms with Gasteiger partial charge in [-0.1, -0.05) is 6.92 Å². The maximum absolute atomic E-state index is 12.2. The molecule has 1 amide bonds. The number of carbonyl (C=O) groups excluding carboxylic acids is 1. The number of H-pyrrole nitrogens is 1. The fourth-order valence-electron chi connectivity index (χ4n) is 2.24. The third-order valence-electron chi connectivity index (χ3n) is 3.10. The van der Waals surface area contributed by atoms with Crippen LogP contribution < -0.4 is 10.9 Å². The van der Waals surface area contributed by atoms with E-state index in [0.717, 1.165) is 25.9 Å². The van der Waals surface area contributed by atoms with Gasteiger partial charge in [0, 0.05) is 25.2 Å². The Balaban J connectivity index is 2.04. The number of piperidine rings is 1. The molecule has 1 saturated heterocycles. The van der Waals surface area contributed by atoms with Crippen LogP contribution in [0.25, 0.3) is 0 Å². The quantitative estimate of drug-likeness (QED) is 0.790. The van der Waals surface area contributed by atoms with Crippen molar-refractivity contribution in [2.24, 2.45) is 0 Å². The summed E-state index contributed by atoms with van der Waals surface area (Å²) in [5, 5.41) is 9.42. The zero-order valence-electron chi connectivity index (χ0n) is 10.5. The normalized spacial score (nSPS) is 19.8. The summed E-state index contributed by atoms with van der Waals surface area (Å²) in [6, 6.07) is 3.15. The van der Waals surface area contributed by atoms with Crippen LogP contribution in [0.4, 0.5) is 0 Å². The SMILES string of the molecule is CCNC1CCCN(C(=O)c2ccc(=O)[nH]n2)C1. The monoisotopic (exact) mass is 250 g/mol. The molecule has 1 unspecified atom stereocenters. The molecular weight excluding hydrogens is 232 g/mol. The number of likely N-dealkylation sites (N-methyl/N-ethyl adjacent to an activating group) is 1. The standard InChI is InChI=1S/C12H18N4O2/c1-2-13-9-4-3-7-16(8-9)12(18)10-5-6-11(17)15-14-10/h5-6,9,13H,2-4,7-8H2,1H3,(H,15,17). The highest BCUT2D eigenvalue weighted by Crippen LogP contribution is 2.12. The van der Waals surface area contributed by atoms with Gasteiger partial charge in [-0.05, 0) is 25.5 Å². The maximum Gasteiger partial charge on any atom is 0.274 e. The lowest BCUT2D eigenvalue weighted by Crippen LogP contribution is -2.48. The molecule has 0 saturated carbocycles. The molecule has 6 nitrogen and oxygen atoms in total.